The number of likely N-dealkylation sites (N-methyl/N-ethyl adjacent to an activating group) is 1. The van der Waals surface area contributed by atoms with Crippen LogP contribution in [0.5, 0.6) is 5.75 Å². The van der Waals surface area contributed by atoms with Crippen molar-refractivity contribution in [3.8, 4) is 5.75 Å². The highest BCUT2D eigenvalue weighted by Gasteiger charge is 2.06. The summed E-state index contributed by atoms with van der Waals surface area (Å²) in [5.74, 6) is -0.336. The number of ether oxygens (including phenoxy) is 1. The van der Waals surface area contributed by atoms with E-state index in [-0.39, 0.29) is 6.61 Å². The van der Waals surface area contributed by atoms with E-state index in [4.69, 9.17) is 9.84 Å². The second-order valence-corrected chi connectivity index (χ2v) is 4.47. The first-order chi connectivity index (χ1) is 8.97. The molecule has 0 bridgehead atoms. The van der Waals surface area contributed by atoms with Crippen molar-refractivity contribution in [3.63, 3.8) is 0 Å². The molecule has 0 saturated heterocycles. The minimum Gasteiger partial charge on any atom is -0.491 e. The van der Waals surface area contributed by atoms with Crippen molar-refractivity contribution in [1.29, 1.82) is 0 Å². The highest BCUT2D eigenvalue weighted by molar-refractivity contribution is 5.85. The summed E-state index contributed by atoms with van der Waals surface area (Å²) >= 11 is 0. The SMILES string of the molecule is CN(C)CC(O)COc1ccc(C=CC(=O)O)cc1. The molecular weight excluding hydrogens is 246 g/mol. The fourth-order valence-electron chi connectivity index (χ4n) is 1.51. The van der Waals surface area contributed by atoms with Crippen LogP contribution >= 0.6 is 0 Å². The van der Waals surface area contributed by atoms with Crippen molar-refractivity contribution in [2.24, 2.45) is 0 Å². The summed E-state index contributed by atoms with van der Waals surface area (Å²) in [6.45, 7) is 0.766. The molecule has 2 N–H and O–H groups in total. The highest BCUT2D eigenvalue weighted by atomic mass is 16.5. The molecule has 0 amide bonds. The van der Waals surface area contributed by atoms with Gasteiger partial charge in [-0.2, -0.15) is 0 Å². The lowest BCUT2D eigenvalue weighted by atomic mass is 10.2. The lowest BCUT2D eigenvalue weighted by Gasteiger charge is -2.16. The van der Waals surface area contributed by atoms with Gasteiger partial charge in [0.2, 0.25) is 0 Å². The lowest BCUT2D eigenvalue weighted by molar-refractivity contribution is -0.131. The standard InChI is InChI=1S/C14H19NO4/c1-15(2)9-12(16)10-19-13-6-3-11(4-7-13)5-8-14(17)18/h3-8,12,16H,9-10H2,1-2H3,(H,17,18). The third-order valence-corrected chi connectivity index (χ3v) is 2.32. The lowest BCUT2D eigenvalue weighted by Crippen LogP contribution is -2.30. The predicted octanol–water partition coefficient (Wildman–Crippen LogP) is 1.09. The molecule has 1 aromatic carbocycles. The zero-order chi connectivity index (χ0) is 14.3. The number of nitrogens with zero attached hydrogens (tertiary/aromatic N) is 1. The Labute approximate surface area is 112 Å². The first kappa shape index (κ1) is 15.2. The second-order valence-electron chi connectivity index (χ2n) is 4.47. The van der Waals surface area contributed by atoms with Gasteiger partial charge in [0, 0.05) is 12.6 Å². The van der Waals surface area contributed by atoms with Crippen molar-refractivity contribution in [2.45, 2.75) is 6.10 Å². The van der Waals surface area contributed by atoms with Gasteiger partial charge in [-0.25, -0.2) is 4.79 Å². The average Bonchev–Trinajstić information content (AvgIpc) is 2.34. The van der Waals surface area contributed by atoms with E-state index in [0.29, 0.717) is 12.3 Å². The Morgan fingerprint density at radius 1 is 1.37 bits per heavy atom. The van der Waals surface area contributed by atoms with Gasteiger partial charge in [0.1, 0.15) is 18.5 Å². The summed E-state index contributed by atoms with van der Waals surface area (Å²) in [6, 6.07) is 6.99. The molecule has 0 fully saturated rings. The topological polar surface area (TPSA) is 70.0 Å². The minimum absolute atomic E-state index is 0.225. The average molecular weight is 265 g/mol. The number of carboxylic acids is 1. The maximum absolute atomic E-state index is 10.4. The number of aliphatic hydroxyl groups is 1. The number of carboxylic acid groups (broad SMARTS) is 1. The van der Waals surface area contributed by atoms with E-state index in [9.17, 15) is 9.90 Å². The summed E-state index contributed by atoms with van der Waals surface area (Å²) in [5, 5.41) is 18.1. The van der Waals surface area contributed by atoms with Gasteiger partial charge in [0.25, 0.3) is 0 Å². The molecule has 19 heavy (non-hydrogen) atoms. The van der Waals surface area contributed by atoms with Gasteiger partial charge >= 0.3 is 5.97 Å². The molecule has 0 aromatic heterocycles. The van der Waals surface area contributed by atoms with Gasteiger partial charge < -0.3 is 19.8 Å². The molecule has 104 valence electrons. The third kappa shape index (κ3) is 6.59. The molecule has 0 saturated carbocycles. The highest BCUT2D eigenvalue weighted by Crippen LogP contribution is 2.13. The number of aliphatic carboxylic acids is 1. The fraction of sp³-hybridized carbons (Fsp3) is 0.357. The quantitative estimate of drug-likeness (QED) is 0.722. The zero-order valence-corrected chi connectivity index (χ0v) is 11.1. The number of rotatable bonds is 7. The van der Waals surface area contributed by atoms with E-state index in [1.54, 1.807) is 24.3 Å². The van der Waals surface area contributed by atoms with Crippen molar-refractivity contribution < 1.29 is 19.7 Å². The molecule has 0 spiro atoms. The summed E-state index contributed by atoms with van der Waals surface area (Å²) in [4.78, 5) is 12.2. The maximum atomic E-state index is 10.4. The molecule has 0 aliphatic rings. The van der Waals surface area contributed by atoms with Crippen molar-refractivity contribution >= 4 is 12.0 Å². The Morgan fingerprint density at radius 3 is 2.53 bits per heavy atom. The fourth-order valence-corrected chi connectivity index (χ4v) is 1.51. The molecule has 0 radical (unpaired) electrons. The van der Waals surface area contributed by atoms with Gasteiger partial charge in [-0.05, 0) is 37.9 Å². The van der Waals surface area contributed by atoms with Crippen molar-refractivity contribution in [1.82, 2.24) is 4.90 Å². The number of carbonyl (C=O) groups is 1. The third-order valence-electron chi connectivity index (χ3n) is 2.32. The van der Waals surface area contributed by atoms with Crippen LogP contribution in [0.3, 0.4) is 0 Å². The Bertz CT molecular complexity index is 426. The van der Waals surface area contributed by atoms with Crippen LogP contribution in [0.25, 0.3) is 6.08 Å². The van der Waals surface area contributed by atoms with E-state index >= 15 is 0 Å². The minimum atomic E-state index is -0.980. The summed E-state index contributed by atoms with van der Waals surface area (Å²) in [6.07, 6.45) is 2.05. The maximum Gasteiger partial charge on any atom is 0.328 e. The van der Waals surface area contributed by atoms with Crippen molar-refractivity contribution in [3.05, 3.63) is 35.9 Å². The first-order valence-electron chi connectivity index (χ1n) is 5.94. The van der Waals surface area contributed by atoms with Gasteiger partial charge in [-0.3, -0.25) is 0 Å². The van der Waals surface area contributed by atoms with Crippen LogP contribution in [0.4, 0.5) is 0 Å². The molecular formula is C14H19NO4. The molecule has 0 aliphatic heterocycles. The van der Waals surface area contributed by atoms with E-state index in [1.165, 1.54) is 6.08 Å². The Balaban J connectivity index is 2.46. The van der Waals surface area contributed by atoms with Gasteiger partial charge in [0.05, 0.1) is 0 Å². The number of benzene rings is 1. The van der Waals surface area contributed by atoms with E-state index in [1.807, 2.05) is 19.0 Å². The largest absolute Gasteiger partial charge is 0.491 e. The predicted molar refractivity (Wildman–Crippen MR) is 73.2 cm³/mol. The molecule has 1 rings (SSSR count). The first-order valence-corrected chi connectivity index (χ1v) is 5.94. The van der Waals surface area contributed by atoms with Gasteiger partial charge in [0.15, 0.2) is 0 Å². The molecule has 0 aliphatic carbocycles. The molecule has 0 heterocycles. The monoisotopic (exact) mass is 265 g/mol. The number of hydrogen-bond acceptors (Lipinski definition) is 4. The summed E-state index contributed by atoms with van der Waals surface area (Å²) in [7, 11) is 3.76. The molecule has 5 heteroatoms. The van der Waals surface area contributed by atoms with Gasteiger partial charge in [-0.15, -0.1) is 0 Å². The summed E-state index contributed by atoms with van der Waals surface area (Å²) in [5.41, 5.74) is 0.781. The Hall–Kier alpha value is -1.85. The van der Waals surface area contributed by atoms with Crippen LogP contribution in [-0.4, -0.2) is 54.4 Å². The van der Waals surface area contributed by atoms with Crippen LogP contribution in [0.1, 0.15) is 5.56 Å². The van der Waals surface area contributed by atoms with Gasteiger partial charge in [-0.1, -0.05) is 12.1 Å². The number of aliphatic hydroxyl groups excluding tert-OH is 1. The van der Waals surface area contributed by atoms with Crippen LogP contribution in [0.15, 0.2) is 30.3 Å². The van der Waals surface area contributed by atoms with E-state index in [2.05, 4.69) is 0 Å². The Kier molecular flexibility index (Phi) is 6.05. The smallest absolute Gasteiger partial charge is 0.328 e. The molecule has 1 unspecified atom stereocenters. The van der Waals surface area contributed by atoms with Crippen LogP contribution < -0.4 is 4.74 Å². The molecule has 1 aromatic rings. The zero-order valence-electron chi connectivity index (χ0n) is 11.1. The normalized spacial score (nSPS) is 12.8. The van der Waals surface area contributed by atoms with Crippen LogP contribution in [0, 0.1) is 0 Å². The van der Waals surface area contributed by atoms with E-state index in [0.717, 1.165) is 11.6 Å². The molecule has 5 nitrogen and oxygen atoms in total. The number of hydrogen-bond donors (Lipinski definition) is 2. The second kappa shape index (κ2) is 7.56. The molecule has 1 atom stereocenters. The van der Waals surface area contributed by atoms with Crippen LogP contribution in [0.2, 0.25) is 0 Å². The van der Waals surface area contributed by atoms with E-state index < -0.39 is 12.1 Å². The summed E-state index contributed by atoms with van der Waals surface area (Å²) < 4.78 is 5.43. The van der Waals surface area contributed by atoms with Crippen LogP contribution in [-0.2, 0) is 4.79 Å². The Morgan fingerprint density at radius 2 is 2.00 bits per heavy atom. The van der Waals surface area contributed by atoms with Crippen molar-refractivity contribution in [2.75, 3.05) is 27.2 Å².